The maximum absolute atomic E-state index is 12.6. The van der Waals surface area contributed by atoms with Crippen LogP contribution in [0.2, 0.25) is 0 Å². The summed E-state index contributed by atoms with van der Waals surface area (Å²) in [5.74, 6) is 1.01. The maximum atomic E-state index is 12.6. The molecule has 1 fully saturated rings. The number of rotatable bonds is 7. The lowest BCUT2D eigenvalue weighted by Gasteiger charge is -2.38. The summed E-state index contributed by atoms with van der Waals surface area (Å²) >= 11 is 1.31. The third-order valence-electron chi connectivity index (χ3n) is 5.46. The first kappa shape index (κ1) is 20.6. The van der Waals surface area contributed by atoms with Crippen molar-refractivity contribution in [2.75, 3.05) is 31.9 Å². The average Bonchev–Trinajstić information content (AvgIpc) is 3.25. The van der Waals surface area contributed by atoms with E-state index in [2.05, 4.69) is 46.3 Å². The van der Waals surface area contributed by atoms with Gasteiger partial charge in [0.1, 0.15) is 0 Å². The molecule has 1 aliphatic rings. The summed E-state index contributed by atoms with van der Waals surface area (Å²) < 4.78 is 5.68. The highest BCUT2D eigenvalue weighted by molar-refractivity contribution is 7.99. The second-order valence-corrected chi connectivity index (χ2v) is 8.34. The van der Waals surface area contributed by atoms with Gasteiger partial charge in [-0.2, -0.15) is 0 Å². The van der Waals surface area contributed by atoms with Gasteiger partial charge in [-0.1, -0.05) is 72.4 Å². The maximum Gasteiger partial charge on any atom is 0.277 e. The molecular weight excluding hydrogens is 396 g/mol. The van der Waals surface area contributed by atoms with Crippen molar-refractivity contribution in [2.45, 2.75) is 24.6 Å². The Morgan fingerprint density at radius 1 is 1.00 bits per heavy atom. The Hall–Kier alpha value is -2.64. The predicted octanol–water partition coefficient (Wildman–Crippen LogP) is 3.66. The molecule has 1 unspecified atom stereocenters. The minimum Gasteiger partial charge on any atom is -0.416 e. The molecule has 2 heterocycles. The molecule has 2 aromatic carbocycles. The van der Waals surface area contributed by atoms with Crippen molar-refractivity contribution in [3.63, 3.8) is 0 Å². The first-order chi connectivity index (χ1) is 14.7. The number of carbonyl (C=O) groups is 1. The summed E-state index contributed by atoms with van der Waals surface area (Å²) in [7, 11) is 0. The van der Waals surface area contributed by atoms with E-state index in [0.29, 0.717) is 29.3 Å². The highest BCUT2D eigenvalue weighted by Gasteiger charge is 2.25. The predicted molar refractivity (Wildman–Crippen MR) is 117 cm³/mol. The molecule has 0 aliphatic carbocycles. The third-order valence-corrected chi connectivity index (χ3v) is 6.27. The Morgan fingerprint density at radius 3 is 2.37 bits per heavy atom. The highest BCUT2D eigenvalue weighted by atomic mass is 32.2. The van der Waals surface area contributed by atoms with Crippen LogP contribution < -0.4 is 0 Å². The smallest absolute Gasteiger partial charge is 0.277 e. The summed E-state index contributed by atoms with van der Waals surface area (Å²) in [6, 6.07) is 20.9. The van der Waals surface area contributed by atoms with Gasteiger partial charge >= 0.3 is 0 Å². The van der Waals surface area contributed by atoms with E-state index in [1.807, 2.05) is 41.3 Å². The standard InChI is InChI=1S/C23H26N4O2S/c1-18(20-10-6-3-7-11-20)26-12-14-27(15-13-26)22(28)17-30-23-25-24-21(29-23)16-19-8-4-2-5-9-19/h2-11,18H,12-17H2,1H3. The highest BCUT2D eigenvalue weighted by Crippen LogP contribution is 2.22. The number of aromatic nitrogens is 2. The molecule has 1 amide bonds. The zero-order valence-electron chi connectivity index (χ0n) is 17.1. The molecule has 0 saturated carbocycles. The molecule has 1 atom stereocenters. The fourth-order valence-corrected chi connectivity index (χ4v) is 4.34. The third kappa shape index (κ3) is 5.29. The molecule has 0 spiro atoms. The minimum absolute atomic E-state index is 0.120. The molecule has 1 aromatic heterocycles. The van der Waals surface area contributed by atoms with E-state index in [4.69, 9.17) is 4.42 Å². The van der Waals surface area contributed by atoms with Crippen molar-refractivity contribution in [3.05, 3.63) is 77.7 Å². The van der Waals surface area contributed by atoms with E-state index in [0.717, 1.165) is 31.7 Å². The Balaban J connectivity index is 1.23. The summed E-state index contributed by atoms with van der Waals surface area (Å²) in [6.07, 6.45) is 0.601. The van der Waals surface area contributed by atoms with Crippen molar-refractivity contribution in [2.24, 2.45) is 0 Å². The van der Waals surface area contributed by atoms with Gasteiger partial charge in [-0.05, 0) is 18.1 Å². The number of benzene rings is 2. The molecule has 156 valence electrons. The molecule has 1 saturated heterocycles. The molecule has 6 nitrogen and oxygen atoms in total. The van der Waals surface area contributed by atoms with Crippen LogP contribution >= 0.6 is 11.8 Å². The Labute approximate surface area is 181 Å². The van der Waals surface area contributed by atoms with E-state index >= 15 is 0 Å². The van der Waals surface area contributed by atoms with Crippen molar-refractivity contribution >= 4 is 17.7 Å². The second kappa shape index (κ2) is 9.91. The van der Waals surface area contributed by atoms with E-state index in [1.165, 1.54) is 17.3 Å². The molecule has 7 heteroatoms. The van der Waals surface area contributed by atoms with E-state index < -0.39 is 0 Å². The lowest BCUT2D eigenvalue weighted by molar-refractivity contribution is -0.130. The lowest BCUT2D eigenvalue weighted by atomic mass is 10.1. The Morgan fingerprint density at radius 2 is 1.67 bits per heavy atom. The van der Waals surface area contributed by atoms with Gasteiger partial charge in [0, 0.05) is 32.2 Å². The van der Waals surface area contributed by atoms with E-state index in [9.17, 15) is 4.79 Å². The first-order valence-electron chi connectivity index (χ1n) is 10.2. The van der Waals surface area contributed by atoms with Crippen LogP contribution in [0.25, 0.3) is 0 Å². The van der Waals surface area contributed by atoms with Gasteiger partial charge in [0.05, 0.1) is 12.2 Å². The van der Waals surface area contributed by atoms with Crippen LogP contribution in [0.15, 0.2) is 70.3 Å². The summed E-state index contributed by atoms with van der Waals surface area (Å²) in [4.78, 5) is 17.0. The topological polar surface area (TPSA) is 62.5 Å². The number of hydrogen-bond acceptors (Lipinski definition) is 6. The Kier molecular flexibility index (Phi) is 6.81. The number of nitrogens with zero attached hydrogens (tertiary/aromatic N) is 4. The molecule has 0 N–H and O–H groups in total. The summed E-state index contributed by atoms with van der Waals surface area (Å²) in [5.41, 5.74) is 2.44. The number of piperazine rings is 1. The SMILES string of the molecule is CC(c1ccccc1)N1CCN(C(=O)CSc2nnc(Cc3ccccc3)o2)CC1. The van der Waals surface area contributed by atoms with E-state index in [-0.39, 0.29) is 5.91 Å². The zero-order valence-corrected chi connectivity index (χ0v) is 17.9. The fraction of sp³-hybridized carbons (Fsp3) is 0.348. The number of thioether (sulfide) groups is 1. The fourth-order valence-electron chi connectivity index (χ4n) is 3.65. The molecule has 3 aromatic rings. The van der Waals surface area contributed by atoms with Crippen LogP contribution in [0.1, 0.15) is 30.0 Å². The molecular formula is C23H26N4O2S. The normalized spacial score (nSPS) is 15.8. The van der Waals surface area contributed by atoms with Crippen LogP contribution in [0.4, 0.5) is 0 Å². The zero-order chi connectivity index (χ0) is 20.8. The molecule has 4 rings (SSSR count). The van der Waals surface area contributed by atoms with Gasteiger partial charge in [-0.3, -0.25) is 9.69 Å². The average molecular weight is 423 g/mol. The van der Waals surface area contributed by atoms with Gasteiger partial charge in [-0.15, -0.1) is 10.2 Å². The minimum atomic E-state index is 0.120. The number of hydrogen-bond donors (Lipinski definition) is 0. The van der Waals surface area contributed by atoms with Crippen molar-refractivity contribution in [1.29, 1.82) is 0 Å². The van der Waals surface area contributed by atoms with E-state index in [1.54, 1.807) is 0 Å². The number of carbonyl (C=O) groups excluding carboxylic acids is 1. The van der Waals surface area contributed by atoms with Crippen molar-refractivity contribution in [1.82, 2.24) is 20.0 Å². The van der Waals surface area contributed by atoms with Crippen LogP contribution in [-0.4, -0.2) is 57.8 Å². The van der Waals surface area contributed by atoms with Gasteiger partial charge in [0.2, 0.25) is 11.8 Å². The summed E-state index contributed by atoms with van der Waals surface area (Å²) in [5, 5.41) is 8.61. The summed E-state index contributed by atoms with van der Waals surface area (Å²) in [6.45, 7) is 5.49. The van der Waals surface area contributed by atoms with Gasteiger partial charge in [0.25, 0.3) is 5.22 Å². The quantitative estimate of drug-likeness (QED) is 0.542. The lowest BCUT2D eigenvalue weighted by Crippen LogP contribution is -2.49. The Bertz CT molecular complexity index is 940. The molecule has 1 aliphatic heterocycles. The largest absolute Gasteiger partial charge is 0.416 e. The van der Waals surface area contributed by atoms with Crippen LogP contribution in [0.5, 0.6) is 0 Å². The number of amides is 1. The molecule has 0 radical (unpaired) electrons. The van der Waals surface area contributed by atoms with Gasteiger partial charge < -0.3 is 9.32 Å². The van der Waals surface area contributed by atoms with Gasteiger partial charge in [-0.25, -0.2) is 0 Å². The molecule has 0 bridgehead atoms. The van der Waals surface area contributed by atoms with Gasteiger partial charge in [0.15, 0.2) is 0 Å². The molecule has 30 heavy (non-hydrogen) atoms. The van der Waals surface area contributed by atoms with Crippen molar-refractivity contribution < 1.29 is 9.21 Å². The van der Waals surface area contributed by atoms with Crippen molar-refractivity contribution in [3.8, 4) is 0 Å². The van der Waals surface area contributed by atoms with Crippen LogP contribution in [0, 0.1) is 0 Å². The monoisotopic (exact) mass is 422 g/mol. The van der Waals surface area contributed by atoms with Crippen LogP contribution in [-0.2, 0) is 11.2 Å². The van der Waals surface area contributed by atoms with Crippen LogP contribution in [0.3, 0.4) is 0 Å². The second-order valence-electron chi connectivity index (χ2n) is 7.42. The first-order valence-corrected chi connectivity index (χ1v) is 11.2.